The summed E-state index contributed by atoms with van der Waals surface area (Å²) in [7, 11) is 0. The van der Waals surface area contributed by atoms with Crippen molar-refractivity contribution in [3.8, 4) is 5.75 Å². The lowest BCUT2D eigenvalue weighted by Crippen LogP contribution is -2.50. The van der Waals surface area contributed by atoms with Gasteiger partial charge < -0.3 is 15.0 Å². The van der Waals surface area contributed by atoms with Crippen molar-refractivity contribution in [1.82, 2.24) is 10.2 Å². The van der Waals surface area contributed by atoms with E-state index in [2.05, 4.69) is 21.2 Å². The summed E-state index contributed by atoms with van der Waals surface area (Å²) in [4.78, 5) is 27.8. The van der Waals surface area contributed by atoms with Gasteiger partial charge in [0.1, 0.15) is 11.8 Å². The van der Waals surface area contributed by atoms with Crippen LogP contribution in [-0.4, -0.2) is 35.9 Å². The molecule has 0 heterocycles. The zero-order chi connectivity index (χ0) is 23.8. The van der Waals surface area contributed by atoms with Gasteiger partial charge in [0, 0.05) is 22.6 Å². The minimum Gasteiger partial charge on any atom is -0.484 e. The van der Waals surface area contributed by atoms with Crippen molar-refractivity contribution in [3.05, 3.63) is 62.6 Å². The van der Waals surface area contributed by atoms with E-state index in [0.717, 1.165) is 21.2 Å². The molecule has 0 saturated carbocycles. The second-order valence-electron chi connectivity index (χ2n) is 8.34. The summed E-state index contributed by atoms with van der Waals surface area (Å²) in [6.07, 6.45) is 0.483. The van der Waals surface area contributed by atoms with E-state index in [1.807, 2.05) is 65.0 Å². The van der Waals surface area contributed by atoms with E-state index in [-0.39, 0.29) is 25.0 Å². The Kier molecular flexibility index (Phi) is 10.0. The zero-order valence-electron chi connectivity index (χ0n) is 19.4. The molecule has 0 unspecified atom stereocenters. The molecule has 0 spiro atoms. The van der Waals surface area contributed by atoms with Crippen LogP contribution in [-0.2, 0) is 16.1 Å². The number of hydrogen-bond acceptors (Lipinski definition) is 3. The number of carbonyl (C=O) groups excluding carboxylic acids is 2. The molecule has 1 atom stereocenters. The summed E-state index contributed by atoms with van der Waals surface area (Å²) >= 11 is 9.89. The second-order valence-corrected chi connectivity index (χ2v) is 9.54. The molecule has 0 aliphatic rings. The monoisotopic (exact) mass is 522 g/mol. The summed E-state index contributed by atoms with van der Waals surface area (Å²) in [5.41, 5.74) is 2.84. The molecule has 0 aliphatic heterocycles. The fraction of sp³-hybridized carbons (Fsp3) is 0.440. The number of rotatable bonds is 10. The number of benzene rings is 2. The van der Waals surface area contributed by atoms with Crippen molar-refractivity contribution in [1.29, 1.82) is 0 Å². The van der Waals surface area contributed by atoms with Crippen molar-refractivity contribution in [2.75, 3.05) is 13.2 Å². The predicted octanol–water partition coefficient (Wildman–Crippen LogP) is 5.68. The normalized spacial score (nSPS) is 11.9. The van der Waals surface area contributed by atoms with E-state index in [1.165, 1.54) is 0 Å². The van der Waals surface area contributed by atoms with Crippen molar-refractivity contribution < 1.29 is 14.3 Å². The van der Waals surface area contributed by atoms with Crippen LogP contribution in [0, 0.1) is 19.8 Å². The van der Waals surface area contributed by atoms with E-state index in [1.54, 1.807) is 11.0 Å². The van der Waals surface area contributed by atoms with Crippen LogP contribution >= 0.6 is 27.5 Å². The molecule has 1 N–H and O–H groups in total. The summed E-state index contributed by atoms with van der Waals surface area (Å²) in [6.45, 7) is 10.5. The molecule has 0 aromatic heterocycles. The Hall–Kier alpha value is -2.05. The van der Waals surface area contributed by atoms with Gasteiger partial charge in [-0.2, -0.15) is 0 Å². The van der Waals surface area contributed by atoms with Gasteiger partial charge in [0.2, 0.25) is 5.91 Å². The molecule has 2 aromatic carbocycles. The van der Waals surface area contributed by atoms with Gasteiger partial charge in [0.05, 0.1) is 0 Å². The molecule has 0 aliphatic carbocycles. The summed E-state index contributed by atoms with van der Waals surface area (Å²) < 4.78 is 6.85. The number of halogens is 2. The van der Waals surface area contributed by atoms with E-state index in [9.17, 15) is 9.59 Å². The summed E-state index contributed by atoms with van der Waals surface area (Å²) in [5, 5.41) is 3.51. The van der Waals surface area contributed by atoms with Gasteiger partial charge in [-0.3, -0.25) is 9.59 Å². The van der Waals surface area contributed by atoms with Gasteiger partial charge in [-0.15, -0.1) is 0 Å². The molecule has 174 valence electrons. The number of aryl methyl sites for hydroxylation is 2. The van der Waals surface area contributed by atoms with Gasteiger partial charge in [-0.25, -0.2) is 0 Å². The van der Waals surface area contributed by atoms with E-state index in [4.69, 9.17) is 16.3 Å². The topological polar surface area (TPSA) is 58.6 Å². The Morgan fingerprint density at radius 2 is 1.78 bits per heavy atom. The van der Waals surface area contributed by atoms with Crippen LogP contribution in [0.4, 0.5) is 0 Å². The molecular formula is C25H32BrClN2O3. The Bertz CT molecular complexity index is 926. The third kappa shape index (κ3) is 7.24. The smallest absolute Gasteiger partial charge is 0.261 e. The number of nitrogens with zero attached hydrogens (tertiary/aromatic N) is 1. The minimum atomic E-state index is -0.616. The van der Waals surface area contributed by atoms with Crippen molar-refractivity contribution in [2.45, 2.75) is 53.6 Å². The lowest BCUT2D eigenvalue weighted by Gasteiger charge is -2.31. The lowest BCUT2D eigenvalue weighted by molar-refractivity contribution is -0.143. The largest absolute Gasteiger partial charge is 0.484 e. The number of ether oxygens (including phenoxy) is 1. The van der Waals surface area contributed by atoms with Crippen LogP contribution in [0.2, 0.25) is 5.02 Å². The molecule has 32 heavy (non-hydrogen) atoms. The van der Waals surface area contributed by atoms with E-state index >= 15 is 0 Å². The second kappa shape index (κ2) is 12.3. The minimum absolute atomic E-state index is 0.168. The molecule has 0 radical (unpaired) electrons. The quantitative estimate of drug-likeness (QED) is 0.436. The molecule has 2 rings (SSSR count). The third-order valence-electron chi connectivity index (χ3n) is 5.14. The zero-order valence-corrected chi connectivity index (χ0v) is 21.7. The SMILES string of the molecule is CC[C@H](C(=O)NCC(C)C)N(Cc1ccccc1Cl)C(=O)COc1cc(C)c(Br)c(C)c1. The molecule has 5 nitrogen and oxygen atoms in total. The van der Waals surface area contributed by atoms with Crippen molar-refractivity contribution in [3.63, 3.8) is 0 Å². The summed E-state index contributed by atoms with van der Waals surface area (Å²) in [5.74, 6) is 0.495. The lowest BCUT2D eigenvalue weighted by atomic mass is 10.1. The molecule has 0 saturated heterocycles. The maximum absolute atomic E-state index is 13.3. The van der Waals surface area contributed by atoms with Gasteiger partial charge in [-0.05, 0) is 61.1 Å². The number of hydrogen-bond donors (Lipinski definition) is 1. The highest BCUT2D eigenvalue weighted by atomic mass is 79.9. The Morgan fingerprint density at radius 1 is 1.16 bits per heavy atom. The third-order valence-corrected chi connectivity index (χ3v) is 6.76. The Morgan fingerprint density at radius 3 is 2.34 bits per heavy atom. The molecular weight excluding hydrogens is 492 g/mol. The molecule has 2 amide bonds. The van der Waals surface area contributed by atoms with Crippen LogP contribution in [0.25, 0.3) is 0 Å². The van der Waals surface area contributed by atoms with Gasteiger partial charge in [-0.1, -0.05) is 66.5 Å². The van der Waals surface area contributed by atoms with Gasteiger partial charge in [0.25, 0.3) is 5.91 Å². The highest BCUT2D eigenvalue weighted by Gasteiger charge is 2.29. The highest BCUT2D eigenvalue weighted by molar-refractivity contribution is 9.10. The Labute approximate surface area is 204 Å². The standard InChI is InChI=1S/C25H32BrClN2O3/c1-6-22(25(31)28-13-16(2)3)29(14-19-9-7-8-10-21(19)27)23(30)15-32-20-11-17(4)24(26)18(5)12-20/h7-12,16,22H,6,13-15H2,1-5H3,(H,28,31)/t22-/m1/s1. The Balaban J connectivity index is 2.24. The van der Waals surface area contributed by atoms with E-state index in [0.29, 0.717) is 29.7 Å². The van der Waals surface area contributed by atoms with Gasteiger partial charge >= 0.3 is 0 Å². The molecule has 0 fully saturated rings. The van der Waals surface area contributed by atoms with Crippen molar-refractivity contribution in [2.24, 2.45) is 5.92 Å². The summed E-state index contributed by atoms with van der Waals surface area (Å²) in [6, 6.07) is 10.5. The first-order valence-electron chi connectivity index (χ1n) is 10.8. The van der Waals surface area contributed by atoms with Crippen LogP contribution in [0.1, 0.15) is 43.9 Å². The molecule has 2 aromatic rings. The van der Waals surface area contributed by atoms with Crippen LogP contribution in [0.5, 0.6) is 5.75 Å². The van der Waals surface area contributed by atoms with E-state index < -0.39 is 6.04 Å². The first kappa shape index (κ1) is 26.2. The number of nitrogens with one attached hydrogen (secondary N) is 1. The maximum Gasteiger partial charge on any atom is 0.261 e. The van der Waals surface area contributed by atoms with Crippen LogP contribution in [0.15, 0.2) is 40.9 Å². The first-order chi connectivity index (χ1) is 15.1. The fourth-order valence-corrected chi connectivity index (χ4v) is 3.79. The average Bonchev–Trinajstić information content (AvgIpc) is 2.75. The fourth-order valence-electron chi connectivity index (χ4n) is 3.37. The van der Waals surface area contributed by atoms with Crippen LogP contribution in [0.3, 0.4) is 0 Å². The predicted molar refractivity (Wildman–Crippen MR) is 133 cm³/mol. The number of carbonyl (C=O) groups is 2. The number of amides is 2. The molecule has 7 heteroatoms. The van der Waals surface area contributed by atoms with Crippen molar-refractivity contribution >= 4 is 39.3 Å². The first-order valence-corrected chi connectivity index (χ1v) is 12.0. The maximum atomic E-state index is 13.3. The highest BCUT2D eigenvalue weighted by Crippen LogP contribution is 2.26. The van der Waals surface area contributed by atoms with Crippen LogP contribution < -0.4 is 10.1 Å². The molecule has 0 bridgehead atoms. The van der Waals surface area contributed by atoms with Gasteiger partial charge in [0.15, 0.2) is 6.61 Å². The average molecular weight is 524 g/mol.